The molecule has 6 nitrogen and oxygen atoms in total. The summed E-state index contributed by atoms with van der Waals surface area (Å²) in [7, 11) is 0. The predicted octanol–water partition coefficient (Wildman–Crippen LogP) is 3.24. The molecule has 22 heavy (non-hydrogen) atoms. The lowest BCUT2D eigenvalue weighted by Crippen LogP contribution is -2.36. The third-order valence-corrected chi connectivity index (χ3v) is 4.33. The van der Waals surface area contributed by atoms with Gasteiger partial charge in [0, 0.05) is 31.1 Å². The number of aliphatic imine (C=N–C) groups is 1. The lowest BCUT2D eigenvalue weighted by atomic mass is 10.2. The highest BCUT2D eigenvalue weighted by Gasteiger charge is 2.11. The van der Waals surface area contributed by atoms with E-state index in [0.29, 0.717) is 0 Å². The van der Waals surface area contributed by atoms with E-state index in [1.54, 1.807) is 12.3 Å². The first-order chi connectivity index (χ1) is 10.7. The van der Waals surface area contributed by atoms with E-state index < -0.39 is 0 Å². The average molecular weight is 317 g/mol. The second-order valence-electron chi connectivity index (χ2n) is 4.81. The Morgan fingerprint density at radius 2 is 1.91 bits per heavy atom. The Labute approximate surface area is 131 Å². The molecule has 1 saturated heterocycles. The zero-order chi connectivity index (χ0) is 15.4. The first-order valence-electron chi connectivity index (χ1n) is 6.93. The van der Waals surface area contributed by atoms with Gasteiger partial charge in [-0.15, -0.1) is 0 Å². The summed E-state index contributed by atoms with van der Waals surface area (Å²) >= 11 is 1.12. The fourth-order valence-corrected chi connectivity index (χ4v) is 2.91. The molecule has 0 amide bonds. The van der Waals surface area contributed by atoms with E-state index >= 15 is 0 Å². The Hall–Kier alpha value is -2.25. The molecule has 2 heterocycles. The third-order valence-electron chi connectivity index (χ3n) is 3.36. The molecule has 1 aromatic carbocycles. The van der Waals surface area contributed by atoms with Gasteiger partial charge in [-0.2, -0.15) is 0 Å². The van der Waals surface area contributed by atoms with Crippen LogP contribution in [0.15, 0.2) is 41.4 Å². The predicted molar refractivity (Wildman–Crippen MR) is 87.7 cm³/mol. The van der Waals surface area contributed by atoms with Crippen LogP contribution in [0.4, 0.5) is 16.4 Å². The average Bonchev–Trinajstić information content (AvgIpc) is 3.04. The van der Waals surface area contributed by atoms with E-state index in [2.05, 4.69) is 9.89 Å². The summed E-state index contributed by atoms with van der Waals surface area (Å²) in [6.07, 6.45) is 1.65. The molecule has 0 radical (unpaired) electrons. The topological polar surface area (TPSA) is 68.0 Å². The monoisotopic (exact) mass is 317 g/mol. The maximum atomic E-state index is 10.6. The first-order valence-corrected chi connectivity index (χ1v) is 7.75. The summed E-state index contributed by atoms with van der Waals surface area (Å²) in [6.45, 7) is 3.33. The molecule has 0 unspecified atom stereocenters. The minimum absolute atomic E-state index is 0.129. The van der Waals surface area contributed by atoms with E-state index in [0.717, 1.165) is 53.9 Å². The van der Waals surface area contributed by atoms with E-state index in [9.17, 15) is 10.1 Å². The molecule has 0 aliphatic carbocycles. The number of hydrogen-bond acceptors (Lipinski definition) is 6. The lowest BCUT2D eigenvalue weighted by molar-refractivity contribution is -0.380. The summed E-state index contributed by atoms with van der Waals surface area (Å²) in [6, 6.07) is 11.2. The van der Waals surface area contributed by atoms with Gasteiger partial charge in [-0.3, -0.25) is 15.1 Å². The van der Waals surface area contributed by atoms with Crippen LogP contribution in [0.1, 0.15) is 4.88 Å². The van der Waals surface area contributed by atoms with E-state index in [4.69, 9.17) is 4.74 Å². The van der Waals surface area contributed by atoms with Crippen LogP contribution in [0.3, 0.4) is 0 Å². The molecule has 0 N–H and O–H groups in total. The van der Waals surface area contributed by atoms with Crippen LogP contribution >= 0.6 is 11.3 Å². The summed E-state index contributed by atoms with van der Waals surface area (Å²) in [4.78, 5) is 17.6. The van der Waals surface area contributed by atoms with Crippen LogP contribution in [-0.4, -0.2) is 37.4 Å². The maximum Gasteiger partial charge on any atom is 0.324 e. The van der Waals surface area contributed by atoms with Gasteiger partial charge >= 0.3 is 5.00 Å². The Morgan fingerprint density at radius 1 is 1.18 bits per heavy atom. The van der Waals surface area contributed by atoms with Crippen LogP contribution < -0.4 is 4.90 Å². The Morgan fingerprint density at radius 3 is 2.55 bits per heavy atom. The lowest BCUT2D eigenvalue weighted by Gasteiger charge is -2.28. The number of benzene rings is 1. The molecule has 7 heteroatoms. The van der Waals surface area contributed by atoms with Gasteiger partial charge < -0.3 is 9.64 Å². The highest BCUT2D eigenvalue weighted by molar-refractivity contribution is 7.16. The van der Waals surface area contributed by atoms with Gasteiger partial charge in [0.05, 0.1) is 28.7 Å². The van der Waals surface area contributed by atoms with Crippen molar-refractivity contribution in [1.82, 2.24) is 0 Å². The molecular weight excluding hydrogens is 302 g/mol. The van der Waals surface area contributed by atoms with Crippen LogP contribution in [0.2, 0.25) is 0 Å². The first kappa shape index (κ1) is 14.7. The van der Waals surface area contributed by atoms with Crippen molar-refractivity contribution in [2.24, 2.45) is 4.99 Å². The highest BCUT2D eigenvalue weighted by Crippen LogP contribution is 2.24. The van der Waals surface area contributed by atoms with Crippen molar-refractivity contribution >= 4 is 33.9 Å². The molecule has 1 fully saturated rings. The van der Waals surface area contributed by atoms with Crippen molar-refractivity contribution in [1.29, 1.82) is 0 Å². The quantitative estimate of drug-likeness (QED) is 0.493. The van der Waals surface area contributed by atoms with Crippen molar-refractivity contribution in [3.8, 4) is 0 Å². The van der Waals surface area contributed by atoms with Gasteiger partial charge in [0.15, 0.2) is 0 Å². The van der Waals surface area contributed by atoms with E-state index in [-0.39, 0.29) is 9.92 Å². The zero-order valence-corrected chi connectivity index (χ0v) is 12.7. The third kappa shape index (κ3) is 3.49. The van der Waals surface area contributed by atoms with Crippen molar-refractivity contribution in [2.45, 2.75) is 0 Å². The van der Waals surface area contributed by atoms with Gasteiger partial charge in [-0.1, -0.05) is 11.3 Å². The minimum atomic E-state index is -0.390. The fourth-order valence-electron chi connectivity index (χ4n) is 2.22. The van der Waals surface area contributed by atoms with Crippen LogP contribution in [0.25, 0.3) is 0 Å². The van der Waals surface area contributed by atoms with Crippen molar-refractivity contribution < 1.29 is 9.66 Å². The highest BCUT2D eigenvalue weighted by atomic mass is 32.1. The molecule has 0 spiro atoms. The molecule has 114 valence electrons. The molecule has 3 rings (SSSR count). The second-order valence-corrected chi connectivity index (χ2v) is 5.90. The summed E-state index contributed by atoms with van der Waals surface area (Å²) < 4.78 is 5.34. The van der Waals surface area contributed by atoms with E-state index in [1.807, 2.05) is 24.3 Å². The van der Waals surface area contributed by atoms with Gasteiger partial charge in [0.25, 0.3) is 0 Å². The van der Waals surface area contributed by atoms with Gasteiger partial charge in [-0.05, 0) is 30.3 Å². The Balaban J connectivity index is 1.67. The van der Waals surface area contributed by atoms with Crippen LogP contribution in [0.5, 0.6) is 0 Å². The van der Waals surface area contributed by atoms with Crippen LogP contribution in [0, 0.1) is 10.1 Å². The smallest absolute Gasteiger partial charge is 0.324 e. The Bertz CT molecular complexity index is 676. The number of nitrogens with zero attached hydrogens (tertiary/aromatic N) is 3. The number of morpholine rings is 1. The number of nitro groups is 1. The Kier molecular flexibility index (Phi) is 4.45. The molecular formula is C15H15N3O3S. The largest absolute Gasteiger partial charge is 0.378 e. The van der Waals surface area contributed by atoms with Crippen LogP contribution in [-0.2, 0) is 4.74 Å². The van der Waals surface area contributed by atoms with Crippen molar-refractivity contribution in [2.75, 3.05) is 31.2 Å². The normalized spacial score (nSPS) is 15.4. The van der Waals surface area contributed by atoms with Gasteiger partial charge in [0.2, 0.25) is 0 Å². The molecule has 0 atom stereocenters. The summed E-state index contributed by atoms with van der Waals surface area (Å²) in [5.41, 5.74) is 1.99. The molecule has 1 aliphatic heterocycles. The number of thiophene rings is 1. The number of anilines is 1. The zero-order valence-electron chi connectivity index (χ0n) is 11.8. The van der Waals surface area contributed by atoms with Gasteiger partial charge in [-0.25, -0.2) is 0 Å². The molecule has 1 aliphatic rings. The van der Waals surface area contributed by atoms with Crippen molar-refractivity contribution in [3.63, 3.8) is 0 Å². The van der Waals surface area contributed by atoms with Gasteiger partial charge in [0.1, 0.15) is 0 Å². The molecule has 0 saturated carbocycles. The number of ether oxygens (including phenoxy) is 1. The summed E-state index contributed by atoms with van der Waals surface area (Å²) in [5, 5.41) is 10.8. The number of hydrogen-bond donors (Lipinski definition) is 0. The molecule has 1 aromatic heterocycles. The summed E-state index contributed by atoms with van der Waals surface area (Å²) in [5.74, 6) is 0. The van der Waals surface area contributed by atoms with Crippen molar-refractivity contribution in [3.05, 3.63) is 51.4 Å². The SMILES string of the molecule is O=[N+]([O-])c1ccc(C=Nc2ccc(N3CCOCC3)cc2)s1. The molecule has 0 bridgehead atoms. The fraction of sp³-hybridized carbons (Fsp3) is 0.267. The number of rotatable bonds is 4. The molecule has 2 aromatic rings. The standard InChI is InChI=1S/C15H15N3O3S/c19-18(20)15-6-5-14(22-15)11-16-12-1-3-13(4-2-12)17-7-9-21-10-8-17/h1-6,11H,7-10H2. The van der Waals surface area contributed by atoms with E-state index in [1.165, 1.54) is 6.07 Å². The maximum absolute atomic E-state index is 10.6. The second kappa shape index (κ2) is 6.67. The minimum Gasteiger partial charge on any atom is -0.378 e.